The standard InChI is InChI=1S/C13H14N6S/c1-9-3-4-12(19-8-15-17-18-19)5-13(9)14-6-11-7-20-10(2)16-11/h3-5,7-8,14H,6H2,1-2H3. The summed E-state index contributed by atoms with van der Waals surface area (Å²) in [6.07, 6.45) is 1.58. The second kappa shape index (κ2) is 5.38. The maximum atomic E-state index is 4.45. The zero-order valence-electron chi connectivity index (χ0n) is 11.2. The minimum absolute atomic E-state index is 0.713. The Balaban J connectivity index is 1.80. The van der Waals surface area contributed by atoms with Gasteiger partial charge in [-0.3, -0.25) is 0 Å². The van der Waals surface area contributed by atoms with Crippen molar-refractivity contribution >= 4 is 17.0 Å². The van der Waals surface area contributed by atoms with E-state index in [0.717, 1.165) is 22.1 Å². The highest BCUT2D eigenvalue weighted by Crippen LogP contribution is 2.20. The molecule has 3 aromatic rings. The lowest BCUT2D eigenvalue weighted by atomic mass is 10.2. The van der Waals surface area contributed by atoms with Crippen LogP contribution in [0.5, 0.6) is 0 Å². The largest absolute Gasteiger partial charge is 0.379 e. The summed E-state index contributed by atoms with van der Waals surface area (Å²) in [7, 11) is 0. The van der Waals surface area contributed by atoms with E-state index in [1.165, 1.54) is 5.56 Å². The third-order valence-electron chi connectivity index (χ3n) is 2.96. The Hall–Kier alpha value is -2.28. The van der Waals surface area contributed by atoms with Crippen LogP contribution in [-0.4, -0.2) is 25.2 Å². The SMILES string of the molecule is Cc1nc(CNc2cc(-n3cnnn3)ccc2C)cs1. The summed E-state index contributed by atoms with van der Waals surface area (Å²) < 4.78 is 1.64. The molecule has 0 bridgehead atoms. The molecule has 0 aliphatic carbocycles. The van der Waals surface area contributed by atoms with Gasteiger partial charge in [-0.2, -0.15) is 0 Å². The first-order chi connectivity index (χ1) is 9.72. The number of thiazole rings is 1. The summed E-state index contributed by atoms with van der Waals surface area (Å²) in [6, 6.07) is 6.07. The van der Waals surface area contributed by atoms with Crippen LogP contribution in [0.2, 0.25) is 0 Å². The van der Waals surface area contributed by atoms with Gasteiger partial charge in [0, 0.05) is 11.1 Å². The quantitative estimate of drug-likeness (QED) is 0.797. The van der Waals surface area contributed by atoms with Gasteiger partial charge in [-0.25, -0.2) is 9.67 Å². The Morgan fingerprint density at radius 2 is 2.20 bits per heavy atom. The molecule has 0 fully saturated rings. The van der Waals surface area contributed by atoms with E-state index in [9.17, 15) is 0 Å². The van der Waals surface area contributed by atoms with Gasteiger partial charge < -0.3 is 5.32 Å². The molecule has 102 valence electrons. The normalized spacial score (nSPS) is 10.7. The van der Waals surface area contributed by atoms with Crippen LogP contribution < -0.4 is 5.32 Å². The van der Waals surface area contributed by atoms with Crippen molar-refractivity contribution in [2.75, 3.05) is 5.32 Å². The molecule has 1 aromatic carbocycles. The van der Waals surface area contributed by atoms with E-state index in [2.05, 4.69) is 38.1 Å². The average Bonchev–Trinajstić information content (AvgIpc) is 3.09. The molecule has 0 saturated carbocycles. The van der Waals surface area contributed by atoms with E-state index < -0.39 is 0 Å². The summed E-state index contributed by atoms with van der Waals surface area (Å²) >= 11 is 1.66. The van der Waals surface area contributed by atoms with Gasteiger partial charge in [0.1, 0.15) is 6.33 Å². The topological polar surface area (TPSA) is 68.5 Å². The third kappa shape index (κ3) is 2.67. The fourth-order valence-corrected chi connectivity index (χ4v) is 2.51. The van der Waals surface area contributed by atoms with Crippen LogP contribution in [0.25, 0.3) is 5.69 Å². The number of rotatable bonds is 4. The summed E-state index contributed by atoms with van der Waals surface area (Å²) in [4.78, 5) is 4.45. The fourth-order valence-electron chi connectivity index (χ4n) is 1.90. The zero-order valence-corrected chi connectivity index (χ0v) is 12.1. The van der Waals surface area contributed by atoms with Crippen LogP contribution in [0.1, 0.15) is 16.3 Å². The van der Waals surface area contributed by atoms with Crippen molar-refractivity contribution in [1.29, 1.82) is 0 Å². The molecule has 0 saturated heterocycles. The van der Waals surface area contributed by atoms with Gasteiger partial charge in [-0.15, -0.1) is 16.4 Å². The highest BCUT2D eigenvalue weighted by molar-refractivity contribution is 7.09. The van der Waals surface area contributed by atoms with Crippen molar-refractivity contribution in [1.82, 2.24) is 25.2 Å². The zero-order chi connectivity index (χ0) is 13.9. The number of tetrazole rings is 1. The maximum Gasteiger partial charge on any atom is 0.143 e. The van der Waals surface area contributed by atoms with Crippen LogP contribution in [0.15, 0.2) is 29.9 Å². The second-order valence-corrected chi connectivity index (χ2v) is 5.53. The Kier molecular flexibility index (Phi) is 3.42. The van der Waals surface area contributed by atoms with Gasteiger partial charge in [-0.1, -0.05) is 6.07 Å². The molecule has 0 atom stereocenters. The molecule has 0 amide bonds. The van der Waals surface area contributed by atoms with Crippen LogP contribution in [-0.2, 0) is 6.54 Å². The smallest absolute Gasteiger partial charge is 0.143 e. The van der Waals surface area contributed by atoms with Crippen molar-refractivity contribution in [2.45, 2.75) is 20.4 Å². The number of aryl methyl sites for hydroxylation is 2. The highest BCUT2D eigenvalue weighted by atomic mass is 32.1. The Morgan fingerprint density at radius 1 is 1.30 bits per heavy atom. The number of benzene rings is 1. The first-order valence-electron chi connectivity index (χ1n) is 6.21. The highest BCUT2D eigenvalue weighted by Gasteiger charge is 2.04. The molecule has 0 unspecified atom stereocenters. The van der Waals surface area contributed by atoms with Crippen molar-refractivity contribution in [3.63, 3.8) is 0 Å². The van der Waals surface area contributed by atoms with Crippen LogP contribution in [0.3, 0.4) is 0 Å². The Morgan fingerprint density at radius 3 is 2.90 bits per heavy atom. The van der Waals surface area contributed by atoms with Crippen LogP contribution in [0, 0.1) is 13.8 Å². The van der Waals surface area contributed by atoms with E-state index in [1.54, 1.807) is 22.3 Å². The predicted octanol–water partition coefficient (Wildman–Crippen LogP) is 2.35. The average molecular weight is 286 g/mol. The van der Waals surface area contributed by atoms with Crippen molar-refractivity contribution in [2.24, 2.45) is 0 Å². The van der Waals surface area contributed by atoms with Gasteiger partial charge in [0.25, 0.3) is 0 Å². The van der Waals surface area contributed by atoms with E-state index in [4.69, 9.17) is 0 Å². The lowest BCUT2D eigenvalue weighted by molar-refractivity contribution is 0.789. The van der Waals surface area contributed by atoms with Gasteiger partial charge in [0.2, 0.25) is 0 Å². The van der Waals surface area contributed by atoms with Gasteiger partial charge in [0.05, 0.1) is 22.9 Å². The van der Waals surface area contributed by atoms with Crippen LogP contribution >= 0.6 is 11.3 Å². The van der Waals surface area contributed by atoms with Gasteiger partial charge >= 0.3 is 0 Å². The first-order valence-corrected chi connectivity index (χ1v) is 7.09. The summed E-state index contributed by atoms with van der Waals surface area (Å²) in [5, 5.41) is 17.8. The van der Waals surface area contributed by atoms with Crippen molar-refractivity contribution < 1.29 is 0 Å². The molecule has 1 N–H and O–H groups in total. The van der Waals surface area contributed by atoms with E-state index in [1.807, 2.05) is 25.1 Å². The van der Waals surface area contributed by atoms with Gasteiger partial charge in [-0.05, 0) is 42.0 Å². The lowest BCUT2D eigenvalue weighted by Crippen LogP contribution is -2.03. The molecule has 3 rings (SSSR count). The van der Waals surface area contributed by atoms with E-state index in [-0.39, 0.29) is 0 Å². The monoisotopic (exact) mass is 286 g/mol. The Bertz CT molecular complexity index is 703. The summed E-state index contributed by atoms with van der Waals surface area (Å²) in [5.74, 6) is 0. The third-order valence-corrected chi connectivity index (χ3v) is 3.78. The molecule has 2 aromatic heterocycles. The molecule has 7 heteroatoms. The summed E-state index contributed by atoms with van der Waals surface area (Å²) in [6.45, 7) is 4.79. The minimum atomic E-state index is 0.713. The molecule has 0 aliphatic heterocycles. The van der Waals surface area contributed by atoms with Crippen molar-refractivity contribution in [3.05, 3.63) is 46.2 Å². The Labute approximate surface area is 120 Å². The number of nitrogens with zero attached hydrogens (tertiary/aromatic N) is 5. The molecule has 0 aliphatic rings. The maximum absolute atomic E-state index is 4.45. The fraction of sp³-hybridized carbons (Fsp3) is 0.231. The van der Waals surface area contributed by atoms with E-state index in [0.29, 0.717) is 6.54 Å². The first kappa shape index (κ1) is 12.7. The van der Waals surface area contributed by atoms with Crippen molar-refractivity contribution in [3.8, 4) is 5.69 Å². The van der Waals surface area contributed by atoms with Gasteiger partial charge in [0.15, 0.2) is 0 Å². The number of nitrogens with one attached hydrogen (secondary N) is 1. The molecular weight excluding hydrogens is 272 g/mol. The summed E-state index contributed by atoms with van der Waals surface area (Å²) in [5.41, 5.74) is 4.22. The number of aromatic nitrogens is 5. The van der Waals surface area contributed by atoms with E-state index >= 15 is 0 Å². The molecule has 20 heavy (non-hydrogen) atoms. The second-order valence-electron chi connectivity index (χ2n) is 4.47. The number of hydrogen-bond acceptors (Lipinski definition) is 6. The minimum Gasteiger partial charge on any atom is -0.379 e. The molecule has 0 spiro atoms. The van der Waals surface area contributed by atoms with Crippen LogP contribution in [0.4, 0.5) is 5.69 Å². The molecular formula is C13H14N6S. The molecule has 6 nitrogen and oxygen atoms in total. The molecule has 0 radical (unpaired) electrons. The lowest BCUT2D eigenvalue weighted by Gasteiger charge is -2.10. The number of hydrogen-bond donors (Lipinski definition) is 1. The number of anilines is 1. The molecule has 2 heterocycles. The predicted molar refractivity (Wildman–Crippen MR) is 78.1 cm³/mol.